The summed E-state index contributed by atoms with van der Waals surface area (Å²) in [6.45, 7) is 7.11. The van der Waals surface area contributed by atoms with E-state index in [9.17, 15) is 4.79 Å². The summed E-state index contributed by atoms with van der Waals surface area (Å²) in [7, 11) is 0. The first kappa shape index (κ1) is 22.5. The number of amides is 1. The van der Waals surface area contributed by atoms with Crippen LogP contribution in [0.4, 0.5) is 10.1 Å². The number of aryl methyl sites for hydroxylation is 2. The average molecular weight is 491 g/mol. The Morgan fingerprint density at radius 1 is 1.17 bits per heavy atom. The third-order valence-corrected chi connectivity index (χ3v) is 7.06. The topological polar surface area (TPSA) is 107 Å². The highest BCUT2D eigenvalue weighted by Crippen LogP contribution is 2.51. The Kier molecular flexibility index (Phi) is 5.03. The molecule has 0 bridgehead atoms. The van der Waals surface area contributed by atoms with Crippen LogP contribution < -0.4 is 14.8 Å². The predicted octanol–water partition coefficient (Wildman–Crippen LogP) is 4.23. The Morgan fingerprint density at radius 3 is 2.69 bits per heavy atom. The van der Waals surface area contributed by atoms with Crippen molar-refractivity contribution in [1.82, 2.24) is 25.2 Å². The minimum Gasteiger partial charge on any atom is -0.454 e. The van der Waals surface area contributed by atoms with Gasteiger partial charge < -0.3 is 19.4 Å². The van der Waals surface area contributed by atoms with Gasteiger partial charge in [-0.15, -0.1) is 10.2 Å². The zero-order valence-electron chi connectivity index (χ0n) is 20.4. The number of fused-ring (bicyclic) bond motifs is 2. The van der Waals surface area contributed by atoms with E-state index in [0.717, 1.165) is 22.2 Å². The molecule has 4 aromatic rings. The molecule has 2 N–H and O–H groups in total. The van der Waals surface area contributed by atoms with Crippen molar-refractivity contribution in [1.29, 1.82) is 0 Å². The number of tetrazole rings is 1. The van der Waals surface area contributed by atoms with Crippen molar-refractivity contribution in [2.24, 2.45) is 0 Å². The number of rotatable bonds is 6. The first-order chi connectivity index (χ1) is 17.2. The van der Waals surface area contributed by atoms with Gasteiger partial charge in [-0.05, 0) is 42.7 Å². The van der Waals surface area contributed by atoms with Crippen molar-refractivity contribution >= 4 is 22.5 Å². The van der Waals surface area contributed by atoms with E-state index in [-0.39, 0.29) is 23.8 Å². The number of hydrogen-bond acceptors (Lipinski definition) is 6. The summed E-state index contributed by atoms with van der Waals surface area (Å²) < 4.78 is 28.3. The van der Waals surface area contributed by atoms with Crippen LogP contribution in [0.15, 0.2) is 36.4 Å². The van der Waals surface area contributed by atoms with E-state index in [1.807, 2.05) is 18.2 Å². The number of nitrogens with one attached hydrogen (secondary N) is 2. The van der Waals surface area contributed by atoms with E-state index in [2.05, 4.69) is 57.3 Å². The maximum absolute atomic E-state index is 15.4. The summed E-state index contributed by atoms with van der Waals surface area (Å²) in [5.74, 6) is 1.21. The highest BCUT2D eigenvalue weighted by molar-refractivity contribution is 6.02. The van der Waals surface area contributed by atoms with Gasteiger partial charge in [0.25, 0.3) is 0 Å². The quantitative estimate of drug-likeness (QED) is 0.419. The molecule has 9 nitrogen and oxygen atoms in total. The number of carbonyl (C=O) groups excluding carboxylic acids is 1. The van der Waals surface area contributed by atoms with Gasteiger partial charge in [-0.1, -0.05) is 32.1 Å². The second kappa shape index (κ2) is 8.04. The van der Waals surface area contributed by atoms with Crippen LogP contribution >= 0.6 is 0 Å². The van der Waals surface area contributed by atoms with E-state index in [0.29, 0.717) is 43.1 Å². The maximum Gasteiger partial charge on any atom is 0.235 e. The molecule has 36 heavy (non-hydrogen) atoms. The predicted molar refractivity (Wildman–Crippen MR) is 131 cm³/mol. The normalized spacial score (nSPS) is 15.9. The van der Waals surface area contributed by atoms with Crippen molar-refractivity contribution in [3.8, 4) is 11.5 Å². The number of benzene rings is 2. The second-order valence-electron chi connectivity index (χ2n) is 10.5. The summed E-state index contributed by atoms with van der Waals surface area (Å²) >= 11 is 0. The van der Waals surface area contributed by atoms with E-state index < -0.39 is 11.2 Å². The monoisotopic (exact) mass is 490 g/mol. The lowest BCUT2D eigenvalue weighted by Crippen LogP contribution is -2.28. The van der Waals surface area contributed by atoms with Crippen molar-refractivity contribution < 1.29 is 18.7 Å². The van der Waals surface area contributed by atoms with Crippen molar-refractivity contribution in [3.05, 3.63) is 59.3 Å². The number of aromatic nitrogens is 5. The van der Waals surface area contributed by atoms with Crippen molar-refractivity contribution in [2.75, 3.05) is 12.1 Å². The lowest BCUT2D eigenvalue weighted by atomic mass is 9.92. The molecular weight excluding hydrogens is 463 g/mol. The molecule has 0 unspecified atom stereocenters. The zero-order chi connectivity index (χ0) is 25.1. The van der Waals surface area contributed by atoms with Gasteiger partial charge in [0.15, 0.2) is 17.3 Å². The van der Waals surface area contributed by atoms with E-state index in [4.69, 9.17) is 9.47 Å². The molecule has 1 fully saturated rings. The molecule has 186 valence electrons. The number of anilines is 1. The Balaban J connectivity index is 1.31. The minimum absolute atomic E-state index is 0.173. The molecule has 0 radical (unpaired) electrons. The molecule has 1 aliphatic carbocycles. The van der Waals surface area contributed by atoms with Gasteiger partial charge in [0.1, 0.15) is 5.82 Å². The number of hydrogen-bond donors (Lipinski definition) is 2. The lowest BCUT2D eigenvalue weighted by molar-refractivity contribution is -0.118. The fourth-order valence-electron chi connectivity index (χ4n) is 4.95. The molecule has 0 saturated heterocycles. The molecule has 2 aliphatic rings. The first-order valence-corrected chi connectivity index (χ1v) is 12.0. The number of halogens is 1. The Hall–Kier alpha value is -3.95. The largest absolute Gasteiger partial charge is 0.454 e. The zero-order valence-corrected chi connectivity index (χ0v) is 20.4. The van der Waals surface area contributed by atoms with Crippen LogP contribution in [0.5, 0.6) is 11.5 Å². The summed E-state index contributed by atoms with van der Waals surface area (Å²) in [5.41, 5.74) is 1.99. The highest BCUT2D eigenvalue weighted by Gasteiger charge is 2.52. The summed E-state index contributed by atoms with van der Waals surface area (Å²) in [6, 6.07) is 10.8. The lowest BCUT2D eigenvalue weighted by Gasteiger charge is -2.22. The molecule has 10 heteroatoms. The average Bonchev–Trinajstić information content (AvgIpc) is 3.16. The number of H-pyrrole nitrogens is 1. The van der Waals surface area contributed by atoms with E-state index in [1.54, 1.807) is 6.07 Å². The van der Waals surface area contributed by atoms with Crippen LogP contribution in [-0.2, 0) is 28.6 Å². The number of nitrogens with zero attached hydrogens (tertiary/aromatic N) is 4. The molecule has 0 spiro atoms. The molecule has 3 heterocycles. The molecule has 6 rings (SSSR count). The summed E-state index contributed by atoms with van der Waals surface area (Å²) in [5, 5.41) is 17.9. The Bertz CT molecular complexity index is 1470. The van der Waals surface area contributed by atoms with Crippen molar-refractivity contribution in [3.63, 3.8) is 0 Å². The van der Waals surface area contributed by atoms with Crippen LogP contribution in [-0.4, -0.2) is 37.9 Å². The van der Waals surface area contributed by atoms with Crippen LogP contribution in [0.1, 0.15) is 50.7 Å². The Labute approximate surface area is 207 Å². The third kappa shape index (κ3) is 3.77. The molecule has 2 aromatic heterocycles. The van der Waals surface area contributed by atoms with Gasteiger partial charge >= 0.3 is 0 Å². The fourth-order valence-corrected chi connectivity index (χ4v) is 4.95. The number of ether oxygens (including phenoxy) is 2. The van der Waals surface area contributed by atoms with Crippen LogP contribution in [0.25, 0.3) is 10.9 Å². The van der Waals surface area contributed by atoms with Gasteiger partial charge in [-0.25, -0.2) is 4.39 Å². The fraction of sp³-hybridized carbons (Fsp3) is 0.385. The van der Waals surface area contributed by atoms with Gasteiger partial charge in [0.2, 0.25) is 12.7 Å². The molecule has 0 atom stereocenters. The van der Waals surface area contributed by atoms with Gasteiger partial charge in [0, 0.05) is 35.5 Å². The molecule has 2 aromatic carbocycles. The standard InChI is InChI=1S/C26H27FN6O3/c1-25(2,3)22-11-15-10-18(17(27)13-19(15)33(22)9-6-23-29-31-32-30-23)28-24(34)26(7-8-26)16-4-5-20-21(12-16)36-14-35-20/h4-5,10-13H,6-9,14H2,1-3H3,(H,28,34)(H,29,30,31,32). The minimum atomic E-state index is -0.685. The van der Waals surface area contributed by atoms with Gasteiger partial charge in [0.05, 0.1) is 16.6 Å². The van der Waals surface area contributed by atoms with Gasteiger partial charge in [-0.2, -0.15) is 5.21 Å². The van der Waals surface area contributed by atoms with E-state index in [1.165, 1.54) is 6.07 Å². The van der Waals surface area contributed by atoms with Gasteiger partial charge in [-0.3, -0.25) is 4.79 Å². The summed E-state index contributed by atoms with van der Waals surface area (Å²) in [6.07, 6.45) is 1.95. The first-order valence-electron chi connectivity index (χ1n) is 12.0. The summed E-state index contributed by atoms with van der Waals surface area (Å²) in [4.78, 5) is 13.4. The SMILES string of the molecule is CC(C)(C)c1cc2cc(NC(=O)C3(c4ccc5c(c4)OCO5)CC3)c(F)cc2n1CCc1nn[nH]n1. The van der Waals surface area contributed by atoms with Crippen LogP contribution in [0, 0.1) is 5.82 Å². The van der Waals surface area contributed by atoms with Crippen molar-refractivity contribution in [2.45, 2.75) is 57.4 Å². The molecule has 1 saturated carbocycles. The third-order valence-electron chi connectivity index (χ3n) is 7.06. The molecule has 1 amide bonds. The van der Waals surface area contributed by atoms with Crippen LogP contribution in [0.3, 0.4) is 0 Å². The maximum atomic E-state index is 15.4. The Morgan fingerprint density at radius 2 is 1.97 bits per heavy atom. The molecule has 1 aliphatic heterocycles. The second-order valence-corrected chi connectivity index (χ2v) is 10.5. The van der Waals surface area contributed by atoms with Crippen LogP contribution in [0.2, 0.25) is 0 Å². The number of aromatic amines is 1. The smallest absolute Gasteiger partial charge is 0.235 e. The number of carbonyl (C=O) groups is 1. The highest BCUT2D eigenvalue weighted by atomic mass is 19.1. The van der Waals surface area contributed by atoms with E-state index >= 15 is 4.39 Å². The molecular formula is C26H27FN6O3.